The van der Waals surface area contributed by atoms with Gasteiger partial charge in [0.15, 0.2) is 0 Å². The van der Waals surface area contributed by atoms with Crippen molar-refractivity contribution in [1.82, 2.24) is 4.90 Å². The number of nitrogens with one attached hydrogen (secondary N) is 1. The lowest BCUT2D eigenvalue weighted by Crippen LogP contribution is -2.42. The summed E-state index contributed by atoms with van der Waals surface area (Å²) in [7, 11) is 1.91. The molecule has 1 fully saturated rings. The summed E-state index contributed by atoms with van der Waals surface area (Å²) >= 11 is 0.702. The van der Waals surface area contributed by atoms with Gasteiger partial charge in [0.05, 0.1) is 10.4 Å². The third-order valence-corrected chi connectivity index (χ3v) is 7.12. The first-order chi connectivity index (χ1) is 16.0. The molecule has 176 valence electrons. The molecular weight excluding hydrogens is 453 g/mol. The van der Waals surface area contributed by atoms with Crippen LogP contribution < -0.4 is 10.2 Å². The third kappa shape index (κ3) is 4.37. The standard InChI is InChI=1S/C26H26FN3O3S/c1-15-8-6-7-9-20(15)28-23(31)14-30-24(32)22(34-25(30)33)11-17-10-18-16(2)13-26(3,4)29(5)21(18)12-19(17)27/h6-13H,14H2,1-5H3,(H,28,31)/b22-11+. The topological polar surface area (TPSA) is 69.7 Å². The molecule has 0 radical (unpaired) electrons. The molecule has 34 heavy (non-hydrogen) atoms. The molecule has 0 spiro atoms. The van der Waals surface area contributed by atoms with Crippen molar-refractivity contribution < 1.29 is 18.8 Å². The largest absolute Gasteiger partial charge is 0.365 e. The second-order valence-corrected chi connectivity index (χ2v) is 10.1. The normalized spacial score (nSPS) is 18.3. The van der Waals surface area contributed by atoms with Crippen LogP contribution in [-0.4, -0.2) is 41.1 Å². The lowest BCUT2D eigenvalue weighted by atomic mass is 9.88. The Morgan fingerprint density at radius 3 is 2.59 bits per heavy atom. The minimum absolute atomic E-state index is 0.0821. The first kappa shape index (κ1) is 23.8. The Hall–Kier alpha value is -3.39. The summed E-state index contributed by atoms with van der Waals surface area (Å²) in [6, 6.07) is 10.4. The average molecular weight is 480 g/mol. The van der Waals surface area contributed by atoms with Gasteiger partial charge in [0.2, 0.25) is 5.91 Å². The maximum Gasteiger partial charge on any atom is 0.294 e. The number of thioether (sulfide) groups is 1. The van der Waals surface area contributed by atoms with E-state index in [4.69, 9.17) is 0 Å². The monoisotopic (exact) mass is 479 g/mol. The molecule has 3 amide bonds. The van der Waals surface area contributed by atoms with E-state index in [1.54, 1.807) is 18.2 Å². The number of rotatable bonds is 4. The van der Waals surface area contributed by atoms with Gasteiger partial charge in [0, 0.05) is 29.5 Å². The summed E-state index contributed by atoms with van der Waals surface area (Å²) in [6.07, 6.45) is 3.49. The highest BCUT2D eigenvalue weighted by Crippen LogP contribution is 2.40. The number of imide groups is 1. The average Bonchev–Trinajstić information content (AvgIpc) is 3.02. The molecule has 1 N–H and O–H groups in total. The molecule has 0 bridgehead atoms. The SMILES string of the molecule is CC1=CC(C)(C)N(C)c2cc(F)c(/C=C3/SC(=O)N(CC(=O)Nc4ccccc4C)C3=O)cc21. The zero-order chi connectivity index (χ0) is 24.8. The van der Waals surface area contributed by atoms with Crippen molar-refractivity contribution in [2.24, 2.45) is 0 Å². The predicted molar refractivity (Wildman–Crippen MR) is 135 cm³/mol. The molecule has 0 saturated carbocycles. The van der Waals surface area contributed by atoms with Crippen LogP contribution in [0.5, 0.6) is 0 Å². The molecule has 6 nitrogen and oxygen atoms in total. The molecule has 0 unspecified atom stereocenters. The van der Waals surface area contributed by atoms with E-state index >= 15 is 4.39 Å². The van der Waals surface area contributed by atoms with Crippen LogP contribution in [0.1, 0.15) is 37.5 Å². The maximum atomic E-state index is 15.0. The van der Waals surface area contributed by atoms with E-state index in [1.165, 1.54) is 12.1 Å². The molecule has 2 aromatic carbocycles. The van der Waals surface area contributed by atoms with E-state index in [0.717, 1.165) is 27.3 Å². The Bertz CT molecular complexity index is 1280. The van der Waals surface area contributed by atoms with Crippen molar-refractivity contribution in [3.63, 3.8) is 0 Å². The molecule has 2 aromatic rings. The Balaban J connectivity index is 1.56. The number of aryl methyl sites for hydroxylation is 1. The van der Waals surface area contributed by atoms with Crippen LogP contribution in [-0.2, 0) is 9.59 Å². The van der Waals surface area contributed by atoms with Crippen molar-refractivity contribution in [3.05, 3.63) is 69.9 Å². The summed E-state index contributed by atoms with van der Waals surface area (Å²) < 4.78 is 15.0. The number of nitrogens with zero attached hydrogens (tertiary/aromatic N) is 2. The highest BCUT2D eigenvalue weighted by Gasteiger charge is 2.37. The fourth-order valence-corrected chi connectivity index (χ4v) is 4.95. The van der Waals surface area contributed by atoms with Gasteiger partial charge in [-0.2, -0.15) is 0 Å². The van der Waals surface area contributed by atoms with Gasteiger partial charge >= 0.3 is 0 Å². The summed E-state index contributed by atoms with van der Waals surface area (Å²) in [6.45, 7) is 7.51. The number of carbonyl (C=O) groups is 3. The molecule has 2 heterocycles. The molecule has 1 saturated heterocycles. The van der Waals surface area contributed by atoms with Crippen molar-refractivity contribution >= 4 is 51.8 Å². The number of hydrogen-bond donors (Lipinski definition) is 1. The summed E-state index contributed by atoms with van der Waals surface area (Å²) in [5, 5.41) is 2.15. The molecule has 0 aromatic heterocycles. The van der Waals surface area contributed by atoms with Crippen LogP contribution in [0.4, 0.5) is 20.6 Å². The Labute approximate surface area is 202 Å². The molecule has 0 aliphatic carbocycles. The second kappa shape index (κ2) is 8.76. The summed E-state index contributed by atoms with van der Waals surface area (Å²) in [5.74, 6) is -1.58. The minimum atomic E-state index is -0.613. The van der Waals surface area contributed by atoms with Crippen LogP contribution >= 0.6 is 11.8 Å². The van der Waals surface area contributed by atoms with E-state index in [2.05, 4.69) is 25.2 Å². The van der Waals surface area contributed by atoms with Crippen molar-refractivity contribution in [3.8, 4) is 0 Å². The van der Waals surface area contributed by atoms with E-state index in [0.29, 0.717) is 17.4 Å². The second-order valence-electron chi connectivity index (χ2n) is 9.06. The fraction of sp³-hybridized carbons (Fsp3) is 0.269. The van der Waals surface area contributed by atoms with E-state index in [9.17, 15) is 14.4 Å². The van der Waals surface area contributed by atoms with Gasteiger partial charge in [-0.25, -0.2) is 4.39 Å². The van der Waals surface area contributed by atoms with Gasteiger partial charge in [-0.3, -0.25) is 19.3 Å². The number of fused-ring (bicyclic) bond motifs is 1. The highest BCUT2D eigenvalue weighted by molar-refractivity contribution is 8.18. The van der Waals surface area contributed by atoms with Crippen LogP contribution in [0.25, 0.3) is 11.6 Å². The summed E-state index contributed by atoms with van der Waals surface area (Å²) in [5.41, 5.74) is 4.08. The molecular formula is C26H26FN3O3S. The van der Waals surface area contributed by atoms with Crippen LogP contribution in [0.2, 0.25) is 0 Å². The zero-order valence-corrected chi connectivity index (χ0v) is 20.5. The van der Waals surface area contributed by atoms with E-state index in [-0.39, 0.29) is 16.0 Å². The Morgan fingerprint density at radius 1 is 1.18 bits per heavy atom. The van der Waals surface area contributed by atoms with Crippen LogP contribution in [0.15, 0.2) is 47.4 Å². The number of carbonyl (C=O) groups excluding carboxylic acids is 3. The van der Waals surface area contributed by atoms with Crippen molar-refractivity contribution in [1.29, 1.82) is 0 Å². The minimum Gasteiger partial charge on any atom is -0.365 e. The van der Waals surface area contributed by atoms with Crippen LogP contribution in [0.3, 0.4) is 0 Å². The van der Waals surface area contributed by atoms with E-state index in [1.807, 2.05) is 37.9 Å². The molecule has 4 rings (SSSR count). The summed E-state index contributed by atoms with van der Waals surface area (Å²) in [4.78, 5) is 40.7. The van der Waals surface area contributed by atoms with Crippen molar-refractivity contribution in [2.75, 3.05) is 23.8 Å². The maximum absolute atomic E-state index is 15.0. The van der Waals surface area contributed by atoms with E-state index < -0.39 is 29.4 Å². The van der Waals surface area contributed by atoms with Gasteiger partial charge in [0.25, 0.3) is 11.1 Å². The van der Waals surface area contributed by atoms with Gasteiger partial charge < -0.3 is 10.2 Å². The number of para-hydroxylation sites is 1. The first-order valence-corrected chi connectivity index (χ1v) is 11.7. The van der Waals surface area contributed by atoms with Gasteiger partial charge in [-0.15, -0.1) is 0 Å². The molecule has 0 atom stereocenters. The number of halogens is 1. The zero-order valence-electron chi connectivity index (χ0n) is 19.7. The molecule has 2 aliphatic heterocycles. The van der Waals surface area contributed by atoms with Gasteiger partial charge in [-0.05, 0) is 74.9 Å². The Morgan fingerprint density at radius 2 is 1.88 bits per heavy atom. The third-order valence-electron chi connectivity index (χ3n) is 6.22. The predicted octanol–water partition coefficient (Wildman–Crippen LogP) is 5.44. The number of likely N-dealkylation sites (N-methyl/N-ethyl adjacent to an activating group) is 1. The molecule has 2 aliphatic rings. The molecule has 8 heteroatoms. The number of benzene rings is 2. The number of anilines is 2. The number of hydrogen-bond acceptors (Lipinski definition) is 5. The highest BCUT2D eigenvalue weighted by atomic mass is 32.2. The fourth-order valence-electron chi connectivity index (χ4n) is 4.12. The van der Waals surface area contributed by atoms with Crippen molar-refractivity contribution in [2.45, 2.75) is 33.2 Å². The van der Waals surface area contributed by atoms with Crippen LogP contribution in [0, 0.1) is 12.7 Å². The lowest BCUT2D eigenvalue weighted by molar-refractivity contribution is -0.127. The number of amides is 3. The van der Waals surface area contributed by atoms with Gasteiger partial charge in [0.1, 0.15) is 12.4 Å². The smallest absolute Gasteiger partial charge is 0.294 e. The lowest BCUT2D eigenvalue weighted by Gasteiger charge is -2.40. The quantitative estimate of drug-likeness (QED) is 0.592. The Kier molecular flexibility index (Phi) is 6.12. The number of allylic oxidation sites excluding steroid dienone is 1. The first-order valence-electron chi connectivity index (χ1n) is 10.9. The van der Waals surface area contributed by atoms with Gasteiger partial charge in [-0.1, -0.05) is 24.3 Å².